The summed E-state index contributed by atoms with van der Waals surface area (Å²) in [4.78, 5) is 52.8. The number of imidazole rings is 1. The molecule has 2 aromatic rings. The summed E-state index contributed by atoms with van der Waals surface area (Å²) in [7, 11) is 2.01. The second-order valence-corrected chi connectivity index (χ2v) is 12.8. The molecule has 2 aromatic heterocycles. The highest BCUT2D eigenvalue weighted by molar-refractivity contribution is 5.92. The molecule has 11 heteroatoms. The largest absolute Gasteiger partial charge is 0.478 e. The third-order valence-electron chi connectivity index (χ3n) is 9.34. The molecule has 0 aliphatic carbocycles. The maximum Gasteiger partial charge on any atom is 0.270 e. The first-order valence-corrected chi connectivity index (χ1v) is 15.9. The number of aryl methyl sites for hydroxylation is 1. The maximum absolute atomic E-state index is 13.8. The van der Waals surface area contributed by atoms with E-state index >= 15 is 0 Å². The molecular formula is C32H47N7O4. The van der Waals surface area contributed by atoms with E-state index in [0.717, 1.165) is 44.7 Å². The lowest BCUT2D eigenvalue weighted by Gasteiger charge is -2.41. The highest BCUT2D eigenvalue weighted by Crippen LogP contribution is 2.33. The fourth-order valence-corrected chi connectivity index (χ4v) is 6.92. The molecule has 2 fully saturated rings. The quantitative estimate of drug-likeness (QED) is 0.547. The van der Waals surface area contributed by atoms with Gasteiger partial charge in [0.25, 0.3) is 5.91 Å². The van der Waals surface area contributed by atoms with Gasteiger partial charge in [-0.05, 0) is 75.8 Å². The smallest absolute Gasteiger partial charge is 0.270 e. The van der Waals surface area contributed by atoms with Crippen LogP contribution in [0.1, 0.15) is 68.7 Å². The average molecular weight is 594 g/mol. The molecule has 2 saturated heterocycles. The summed E-state index contributed by atoms with van der Waals surface area (Å²) in [6.07, 6.45) is 7.98. The van der Waals surface area contributed by atoms with Crippen molar-refractivity contribution in [1.82, 2.24) is 35.0 Å². The van der Waals surface area contributed by atoms with Crippen molar-refractivity contribution in [3.05, 3.63) is 42.1 Å². The number of nitrogens with zero attached hydrogens (tertiary/aromatic N) is 5. The minimum Gasteiger partial charge on any atom is -0.478 e. The van der Waals surface area contributed by atoms with Gasteiger partial charge >= 0.3 is 0 Å². The minimum atomic E-state index is -0.221. The molecule has 0 saturated carbocycles. The number of amides is 3. The Morgan fingerprint density at radius 3 is 2.74 bits per heavy atom. The van der Waals surface area contributed by atoms with Crippen molar-refractivity contribution < 1.29 is 19.1 Å². The fourth-order valence-electron chi connectivity index (χ4n) is 6.92. The van der Waals surface area contributed by atoms with Gasteiger partial charge in [-0.3, -0.25) is 19.3 Å². The number of nitrogens with one attached hydrogen (secondary N) is 2. The SMILES string of the molecule is CC(C)NC(=O)C[C@@H]1CCN2C[C@@H]1CCOc1cccc(n1)C(=O)NCC[C@H]1CN(Cc3nccn3C)CC[C@H]1CC2=O. The van der Waals surface area contributed by atoms with Crippen LogP contribution in [0.15, 0.2) is 30.6 Å². The van der Waals surface area contributed by atoms with Crippen LogP contribution < -0.4 is 15.4 Å². The summed E-state index contributed by atoms with van der Waals surface area (Å²) in [5.74, 6) is 2.31. The number of carbonyl (C=O) groups excluding carboxylic acids is 3. The number of hydrogen-bond donors (Lipinski definition) is 2. The predicted octanol–water partition coefficient (Wildman–Crippen LogP) is 2.63. The molecule has 3 aliphatic heterocycles. The summed E-state index contributed by atoms with van der Waals surface area (Å²) < 4.78 is 8.04. The van der Waals surface area contributed by atoms with Crippen LogP contribution in [-0.2, 0) is 23.2 Å². The molecule has 5 rings (SSSR count). The summed E-state index contributed by atoms with van der Waals surface area (Å²) in [5.41, 5.74) is 0.334. The number of aromatic nitrogens is 3. The van der Waals surface area contributed by atoms with Crippen LogP contribution in [0.5, 0.6) is 5.88 Å². The van der Waals surface area contributed by atoms with E-state index < -0.39 is 0 Å². The monoisotopic (exact) mass is 593 g/mol. The van der Waals surface area contributed by atoms with Crippen LogP contribution in [0.25, 0.3) is 0 Å². The molecule has 4 atom stereocenters. The Balaban J connectivity index is 1.33. The number of rotatable bonds is 5. The van der Waals surface area contributed by atoms with Crippen molar-refractivity contribution in [2.24, 2.45) is 30.7 Å². The van der Waals surface area contributed by atoms with E-state index in [-0.39, 0.29) is 47.4 Å². The van der Waals surface area contributed by atoms with Gasteiger partial charge in [-0.25, -0.2) is 9.97 Å². The first-order valence-electron chi connectivity index (χ1n) is 15.9. The molecule has 234 valence electrons. The summed E-state index contributed by atoms with van der Waals surface area (Å²) in [6.45, 7) is 8.72. The molecule has 0 aromatic carbocycles. The Labute approximate surface area is 254 Å². The summed E-state index contributed by atoms with van der Waals surface area (Å²) >= 11 is 0. The number of carbonyl (C=O) groups is 3. The molecule has 11 nitrogen and oxygen atoms in total. The average Bonchev–Trinajstić information content (AvgIpc) is 3.38. The normalized spacial score (nSPS) is 25.8. The van der Waals surface area contributed by atoms with E-state index in [1.165, 1.54) is 0 Å². The number of likely N-dealkylation sites (tertiary alicyclic amines) is 1. The van der Waals surface area contributed by atoms with Gasteiger partial charge in [-0.2, -0.15) is 0 Å². The van der Waals surface area contributed by atoms with Crippen LogP contribution in [0, 0.1) is 23.7 Å². The molecule has 4 bridgehead atoms. The Bertz CT molecular complexity index is 1260. The first-order chi connectivity index (χ1) is 20.7. The van der Waals surface area contributed by atoms with Gasteiger partial charge in [0.2, 0.25) is 17.7 Å². The Kier molecular flexibility index (Phi) is 10.3. The number of fused-ring (bicyclic) bond motifs is 5. The van der Waals surface area contributed by atoms with E-state index in [9.17, 15) is 14.4 Å². The highest BCUT2D eigenvalue weighted by atomic mass is 16.5. The van der Waals surface area contributed by atoms with Crippen LogP contribution >= 0.6 is 0 Å². The Hall–Kier alpha value is -3.47. The van der Waals surface area contributed by atoms with Crippen LogP contribution in [-0.4, -0.2) is 87.4 Å². The van der Waals surface area contributed by atoms with Crippen LogP contribution in [0.3, 0.4) is 0 Å². The highest BCUT2D eigenvalue weighted by Gasteiger charge is 2.36. The van der Waals surface area contributed by atoms with Crippen molar-refractivity contribution in [3.8, 4) is 5.88 Å². The van der Waals surface area contributed by atoms with Crippen molar-refractivity contribution in [3.63, 3.8) is 0 Å². The third-order valence-corrected chi connectivity index (χ3v) is 9.34. The van der Waals surface area contributed by atoms with Crippen LogP contribution in [0.2, 0.25) is 0 Å². The predicted molar refractivity (Wildman–Crippen MR) is 162 cm³/mol. The lowest BCUT2D eigenvalue weighted by molar-refractivity contribution is -0.136. The molecule has 3 aliphatic rings. The van der Waals surface area contributed by atoms with Gasteiger partial charge in [0.15, 0.2) is 0 Å². The molecule has 0 spiro atoms. The van der Waals surface area contributed by atoms with E-state index in [2.05, 4.69) is 30.1 Å². The third kappa shape index (κ3) is 8.34. The fraction of sp³-hybridized carbons (Fsp3) is 0.656. The molecule has 0 unspecified atom stereocenters. The standard InChI is InChI=1S/C32H47N7O4/c1-22(2)35-29(40)17-23-9-14-39-20-26(23)10-16-43-30-6-4-5-27(36-30)32(42)34-11-7-25-19-38(13-8-24(25)18-31(39)41)21-28-33-12-15-37(28)3/h4-6,12,15,22-26H,7-11,13-14,16-21H2,1-3H3,(H,34,42)(H,35,40)/t23-,24-,25-,26-/m0/s1. The Morgan fingerprint density at radius 1 is 1.09 bits per heavy atom. The Morgan fingerprint density at radius 2 is 1.95 bits per heavy atom. The second-order valence-electron chi connectivity index (χ2n) is 12.8. The van der Waals surface area contributed by atoms with Gasteiger partial charge in [-0.15, -0.1) is 0 Å². The molecule has 0 radical (unpaired) electrons. The lowest BCUT2D eigenvalue weighted by atomic mass is 9.79. The van der Waals surface area contributed by atoms with E-state index in [1.54, 1.807) is 18.2 Å². The summed E-state index contributed by atoms with van der Waals surface area (Å²) in [5, 5.41) is 6.08. The van der Waals surface area contributed by atoms with Gasteiger partial charge in [0.1, 0.15) is 11.5 Å². The topological polar surface area (TPSA) is 122 Å². The zero-order chi connectivity index (χ0) is 30.3. The van der Waals surface area contributed by atoms with E-state index in [0.29, 0.717) is 57.1 Å². The molecule has 5 heterocycles. The molecule has 43 heavy (non-hydrogen) atoms. The number of ether oxygens (including phenoxy) is 1. The molecule has 3 amide bonds. The van der Waals surface area contributed by atoms with Gasteiger partial charge in [-0.1, -0.05) is 6.07 Å². The molecule has 2 N–H and O–H groups in total. The van der Waals surface area contributed by atoms with Crippen molar-refractivity contribution in [2.75, 3.05) is 39.3 Å². The maximum atomic E-state index is 13.8. The lowest BCUT2D eigenvalue weighted by Crippen LogP contribution is -2.47. The van der Waals surface area contributed by atoms with Gasteiger partial charge in [0.05, 0.1) is 13.2 Å². The minimum absolute atomic E-state index is 0.0598. The first kappa shape index (κ1) is 31.0. The number of pyridine rings is 1. The zero-order valence-corrected chi connectivity index (χ0v) is 25.8. The summed E-state index contributed by atoms with van der Waals surface area (Å²) in [6, 6.07) is 5.35. The van der Waals surface area contributed by atoms with E-state index in [4.69, 9.17) is 4.74 Å². The van der Waals surface area contributed by atoms with E-state index in [1.807, 2.05) is 38.2 Å². The second kappa shape index (κ2) is 14.3. The number of piperidine rings is 2. The van der Waals surface area contributed by atoms with Gasteiger partial charge in [0, 0.05) is 70.6 Å². The molecular weight excluding hydrogens is 546 g/mol. The van der Waals surface area contributed by atoms with Crippen molar-refractivity contribution in [2.45, 2.75) is 65.0 Å². The zero-order valence-electron chi connectivity index (χ0n) is 25.8. The van der Waals surface area contributed by atoms with Crippen molar-refractivity contribution >= 4 is 17.7 Å². The van der Waals surface area contributed by atoms with Crippen LogP contribution in [0.4, 0.5) is 0 Å². The number of hydrogen-bond acceptors (Lipinski definition) is 7. The van der Waals surface area contributed by atoms with Crippen molar-refractivity contribution in [1.29, 1.82) is 0 Å². The van der Waals surface area contributed by atoms with Gasteiger partial charge < -0.3 is 24.8 Å².